The van der Waals surface area contributed by atoms with Crippen LogP contribution in [0.4, 0.5) is 0 Å². The molecule has 1 amide bonds. The molecule has 2 rings (SSSR count). The molecule has 0 bridgehead atoms. The van der Waals surface area contributed by atoms with Gasteiger partial charge < -0.3 is 15.5 Å². The van der Waals surface area contributed by atoms with Gasteiger partial charge in [0, 0.05) is 39.3 Å². The average Bonchev–Trinajstić information content (AvgIpc) is 2.98. The van der Waals surface area contributed by atoms with Gasteiger partial charge in [-0.05, 0) is 25.3 Å². The number of hydrogen-bond acceptors (Lipinski definition) is 3. The molecule has 1 heterocycles. The number of halogens is 1. The van der Waals surface area contributed by atoms with Crippen molar-refractivity contribution in [1.29, 1.82) is 0 Å². The summed E-state index contributed by atoms with van der Waals surface area (Å²) < 4.78 is 0. The van der Waals surface area contributed by atoms with Crippen LogP contribution in [0.3, 0.4) is 0 Å². The molecule has 0 aliphatic carbocycles. The fraction of sp³-hybridized carbons (Fsp3) is 0.600. The Kier molecular flexibility index (Phi) is 10.1. The van der Waals surface area contributed by atoms with E-state index >= 15 is 0 Å². The molecule has 152 valence electrons. The molecule has 27 heavy (non-hydrogen) atoms. The number of carbonyl (C=O) groups is 1. The number of guanidine groups is 1. The van der Waals surface area contributed by atoms with E-state index in [1.165, 1.54) is 0 Å². The van der Waals surface area contributed by atoms with Gasteiger partial charge >= 0.3 is 0 Å². The third kappa shape index (κ3) is 7.65. The fourth-order valence-electron chi connectivity index (χ4n) is 3.01. The summed E-state index contributed by atoms with van der Waals surface area (Å²) in [6, 6.07) is 11.0. The van der Waals surface area contributed by atoms with Crippen molar-refractivity contribution in [3.8, 4) is 0 Å². The Hall–Kier alpha value is -1.35. The SMILES string of the molecule is CC1CN(C(C)C)CC1NC(=NCc1ccccc1)NCC(=O)N(C)C.I. The number of likely N-dealkylation sites (N-methyl/N-ethyl adjacent to an activating group) is 1. The van der Waals surface area contributed by atoms with Crippen LogP contribution in [-0.2, 0) is 11.3 Å². The molecule has 1 aromatic rings. The Morgan fingerprint density at radius 3 is 2.48 bits per heavy atom. The number of benzene rings is 1. The number of rotatable bonds is 6. The number of hydrogen-bond donors (Lipinski definition) is 2. The van der Waals surface area contributed by atoms with Gasteiger partial charge in [0.2, 0.25) is 5.91 Å². The highest BCUT2D eigenvalue weighted by atomic mass is 127. The Morgan fingerprint density at radius 1 is 1.26 bits per heavy atom. The van der Waals surface area contributed by atoms with Gasteiger partial charge in [0.05, 0.1) is 13.1 Å². The smallest absolute Gasteiger partial charge is 0.241 e. The van der Waals surface area contributed by atoms with E-state index < -0.39 is 0 Å². The molecule has 0 radical (unpaired) electrons. The summed E-state index contributed by atoms with van der Waals surface area (Å²) in [5, 5.41) is 6.73. The minimum absolute atomic E-state index is 0. The third-order valence-electron chi connectivity index (χ3n) is 4.86. The van der Waals surface area contributed by atoms with Crippen molar-refractivity contribution in [3.63, 3.8) is 0 Å². The molecule has 2 atom stereocenters. The summed E-state index contributed by atoms with van der Waals surface area (Å²) in [7, 11) is 3.52. The zero-order chi connectivity index (χ0) is 19.1. The first-order chi connectivity index (χ1) is 12.4. The van der Waals surface area contributed by atoms with Crippen molar-refractivity contribution in [2.75, 3.05) is 33.7 Å². The van der Waals surface area contributed by atoms with Gasteiger partial charge in [0.25, 0.3) is 0 Å². The minimum Gasteiger partial charge on any atom is -0.352 e. The molecular formula is C20H34IN5O. The van der Waals surface area contributed by atoms with Crippen LogP contribution in [0.15, 0.2) is 35.3 Å². The lowest BCUT2D eigenvalue weighted by Crippen LogP contribution is -2.49. The van der Waals surface area contributed by atoms with Gasteiger partial charge in [0.1, 0.15) is 0 Å². The van der Waals surface area contributed by atoms with Crippen LogP contribution in [0.1, 0.15) is 26.3 Å². The normalized spacial score (nSPS) is 20.3. The van der Waals surface area contributed by atoms with Crippen molar-refractivity contribution in [2.24, 2.45) is 10.9 Å². The quantitative estimate of drug-likeness (QED) is 0.367. The van der Waals surface area contributed by atoms with Crippen LogP contribution >= 0.6 is 24.0 Å². The predicted molar refractivity (Wildman–Crippen MR) is 122 cm³/mol. The van der Waals surface area contributed by atoms with E-state index in [9.17, 15) is 4.79 Å². The van der Waals surface area contributed by atoms with Crippen LogP contribution in [-0.4, -0.2) is 67.5 Å². The second kappa shape index (κ2) is 11.5. The van der Waals surface area contributed by atoms with Crippen molar-refractivity contribution >= 4 is 35.8 Å². The topological polar surface area (TPSA) is 60.0 Å². The molecule has 6 nitrogen and oxygen atoms in total. The molecule has 2 N–H and O–H groups in total. The molecule has 2 unspecified atom stereocenters. The maximum atomic E-state index is 11.9. The summed E-state index contributed by atoms with van der Waals surface area (Å²) in [6.45, 7) is 9.62. The molecule has 0 aromatic heterocycles. The number of nitrogens with one attached hydrogen (secondary N) is 2. The molecule has 7 heteroatoms. The summed E-state index contributed by atoms with van der Waals surface area (Å²) in [4.78, 5) is 20.7. The number of likely N-dealkylation sites (tertiary alicyclic amines) is 1. The van der Waals surface area contributed by atoms with E-state index in [-0.39, 0.29) is 36.4 Å². The molecule has 1 aliphatic rings. The van der Waals surface area contributed by atoms with Crippen LogP contribution in [0.25, 0.3) is 0 Å². The first kappa shape index (κ1) is 23.7. The average molecular weight is 487 g/mol. The monoisotopic (exact) mass is 487 g/mol. The zero-order valence-electron chi connectivity index (χ0n) is 17.1. The molecule has 1 aliphatic heterocycles. The molecular weight excluding hydrogens is 453 g/mol. The van der Waals surface area contributed by atoms with E-state index in [4.69, 9.17) is 4.99 Å². The van der Waals surface area contributed by atoms with Crippen molar-refractivity contribution < 1.29 is 4.79 Å². The standard InChI is InChI=1S/C20H33N5O.HI/c1-15(2)25-13-16(3)18(14-25)23-20(22-12-19(26)24(4)5)21-11-17-9-7-6-8-10-17;/h6-10,15-16,18H,11-14H2,1-5H3,(H2,21,22,23);1H. The van der Waals surface area contributed by atoms with Gasteiger partial charge in [-0.2, -0.15) is 0 Å². The lowest BCUT2D eigenvalue weighted by atomic mass is 10.1. The van der Waals surface area contributed by atoms with Crippen molar-refractivity contribution in [2.45, 2.75) is 39.4 Å². The summed E-state index contributed by atoms with van der Waals surface area (Å²) in [6.07, 6.45) is 0. The van der Waals surface area contributed by atoms with E-state index in [1.807, 2.05) is 18.2 Å². The van der Waals surface area contributed by atoms with Gasteiger partial charge in [-0.3, -0.25) is 9.69 Å². The van der Waals surface area contributed by atoms with Crippen LogP contribution in [0.5, 0.6) is 0 Å². The number of amides is 1. The summed E-state index contributed by atoms with van der Waals surface area (Å²) in [5.74, 6) is 1.26. The Bertz CT molecular complexity index is 606. The molecule has 1 saturated heterocycles. The first-order valence-corrected chi connectivity index (χ1v) is 9.39. The van der Waals surface area contributed by atoms with Crippen LogP contribution < -0.4 is 10.6 Å². The fourth-order valence-corrected chi connectivity index (χ4v) is 3.01. The third-order valence-corrected chi connectivity index (χ3v) is 4.86. The van der Waals surface area contributed by atoms with Crippen molar-refractivity contribution in [1.82, 2.24) is 20.4 Å². The predicted octanol–water partition coefficient (Wildman–Crippen LogP) is 2.16. The molecule has 0 saturated carbocycles. The van der Waals surface area contributed by atoms with E-state index in [0.29, 0.717) is 30.5 Å². The van der Waals surface area contributed by atoms with Gasteiger partial charge in [-0.15, -0.1) is 24.0 Å². The van der Waals surface area contributed by atoms with Gasteiger partial charge in [-0.25, -0.2) is 4.99 Å². The Morgan fingerprint density at radius 2 is 1.93 bits per heavy atom. The lowest BCUT2D eigenvalue weighted by molar-refractivity contribution is -0.127. The zero-order valence-corrected chi connectivity index (χ0v) is 19.4. The molecule has 1 aromatic carbocycles. The van der Waals surface area contributed by atoms with Crippen LogP contribution in [0, 0.1) is 5.92 Å². The number of nitrogens with zero attached hydrogens (tertiary/aromatic N) is 3. The summed E-state index contributed by atoms with van der Waals surface area (Å²) >= 11 is 0. The minimum atomic E-state index is 0. The summed E-state index contributed by atoms with van der Waals surface area (Å²) in [5.41, 5.74) is 1.15. The molecule has 0 spiro atoms. The van der Waals surface area contributed by atoms with E-state index in [0.717, 1.165) is 18.7 Å². The Balaban J connectivity index is 0.00000364. The van der Waals surface area contributed by atoms with E-state index in [1.54, 1.807) is 19.0 Å². The van der Waals surface area contributed by atoms with Crippen LogP contribution in [0.2, 0.25) is 0 Å². The number of aliphatic imine (C=N–C) groups is 1. The highest BCUT2D eigenvalue weighted by Gasteiger charge is 2.31. The van der Waals surface area contributed by atoms with Crippen molar-refractivity contribution in [3.05, 3.63) is 35.9 Å². The van der Waals surface area contributed by atoms with Gasteiger partial charge in [0.15, 0.2) is 5.96 Å². The van der Waals surface area contributed by atoms with E-state index in [2.05, 4.69) is 48.4 Å². The first-order valence-electron chi connectivity index (χ1n) is 9.39. The largest absolute Gasteiger partial charge is 0.352 e. The van der Waals surface area contributed by atoms with Gasteiger partial charge in [-0.1, -0.05) is 37.3 Å². The lowest BCUT2D eigenvalue weighted by Gasteiger charge is -2.22. The molecule has 1 fully saturated rings. The highest BCUT2D eigenvalue weighted by Crippen LogP contribution is 2.18. The maximum Gasteiger partial charge on any atom is 0.241 e. The second-order valence-corrected chi connectivity index (χ2v) is 7.57. The maximum absolute atomic E-state index is 11.9. The Labute approximate surface area is 180 Å². The second-order valence-electron chi connectivity index (χ2n) is 7.57. The highest BCUT2D eigenvalue weighted by molar-refractivity contribution is 14.0. The number of carbonyl (C=O) groups excluding carboxylic acids is 1.